The molecule has 0 radical (unpaired) electrons. The van der Waals surface area contributed by atoms with Crippen LogP contribution in [0.15, 0.2) is 24.3 Å². The summed E-state index contributed by atoms with van der Waals surface area (Å²) in [5.74, 6) is -0.222. The van der Waals surface area contributed by atoms with E-state index in [1.165, 1.54) is 6.07 Å². The highest BCUT2D eigenvalue weighted by Crippen LogP contribution is 2.35. The molecule has 0 aliphatic heterocycles. The molecule has 1 aromatic heterocycles. The summed E-state index contributed by atoms with van der Waals surface area (Å²) in [7, 11) is 1.92. The summed E-state index contributed by atoms with van der Waals surface area (Å²) in [4.78, 5) is 5.64. The van der Waals surface area contributed by atoms with Crippen LogP contribution in [0, 0.1) is 12.7 Å². The molecule has 0 fully saturated rings. The van der Waals surface area contributed by atoms with Crippen LogP contribution in [0.2, 0.25) is 0 Å². The van der Waals surface area contributed by atoms with Crippen molar-refractivity contribution in [3.63, 3.8) is 0 Å². The Morgan fingerprint density at radius 3 is 2.56 bits per heavy atom. The van der Waals surface area contributed by atoms with Crippen LogP contribution in [0.4, 0.5) is 4.39 Å². The van der Waals surface area contributed by atoms with Crippen molar-refractivity contribution in [3.05, 3.63) is 40.7 Å². The van der Waals surface area contributed by atoms with Crippen molar-refractivity contribution in [2.45, 2.75) is 26.3 Å². The van der Waals surface area contributed by atoms with E-state index in [-0.39, 0.29) is 11.4 Å². The van der Waals surface area contributed by atoms with Crippen LogP contribution in [-0.4, -0.2) is 12.0 Å². The van der Waals surface area contributed by atoms with Crippen molar-refractivity contribution in [1.29, 1.82) is 0 Å². The number of aryl methyl sites for hydroxylation is 1. The van der Waals surface area contributed by atoms with E-state index in [4.69, 9.17) is 0 Å². The Labute approximate surface area is 111 Å². The largest absolute Gasteiger partial charge is 0.310 e. The molecule has 0 unspecified atom stereocenters. The monoisotopic (exact) mass is 264 g/mol. The fourth-order valence-electron chi connectivity index (χ4n) is 1.84. The van der Waals surface area contributed by atoms with Gasteiger partial charge in [-0.25, -0.2) is 9.37 Å². The zero-order valence-corrected chi connectivity index (χ0v) is 11.9. The third-order valence-electron chi connectivity index (χ3n) is 3.09. The fraction of sp³-hybridized carbons (Fsp3) is 0.357. The van der Waals surface area contributed by atoms with Gasteiger partial charge in [0.2, 0.25) is 0 Å². The Balaban J connectivity index is 2.51. The van der Waals surface area contributed by atoms with Gasteiger partial charge in [-0.05, 0) is 40.0 Å². The molecule has 18 heavy (non-hydrogen) atoms. The van der Waals surface area contributed by atoms with Crippen LogP contribution in [-0.2, 0) is 5.54 Å². The van der Waals surface area contributed by atoms with Gasteiger partial charge in [-0.3, -0.25) is 0 Å². The topological polar surface area (TPSA) is 24.9 Å². The summed E-state index contributed by atoms with van der Waals surface area (Å²) in [6, 6.07) is 6.76. The Hall–Kier alpha value is -1.26. The second kappa shape index (κ2) is 4.78. The van der Waals surface area contributed by atoms with Crippen LogP contribution in [0.5, 0.6) is 0 Å². The molecule has 0 spiro atoms. The zero-order valence-electron chi connectivity index (χ0n) is 11.0. The third-order valence-corrected chi connectivity index (χ3v) is 4.61. The van der Waals surface area contributed by atoms with Crippen LogP contribution in [0.3, 0.4) is 0 Å². The molecule has 1 heterocycles. The van der Waals surface area contributed by atoms with Crippen LogP contribution in [0.1, 0.15) is 24.4 Å². The molecule has 4 heteroatoms. The zero-order chi connectivity index (χ0) is 13.3. The molecule has 0 aliphatic carbocycles. The molecule has 0 bridgehead atoms. The molecule has 1 aromatic carbocycles. The Bertz CT molecular complexity index is 561. The lowest BCUT2D eigenvalue weighted by Crippen LogP contribution is -2.32. The molecular weight excluding hydrogens is 247 g/mol. The first-order valence-electron chi connectivity index (χ1n) is 5.87. The van der Waals surface area contributed by atoms with Crippen LogP contribution >= 0.6 is 11.3 Å². The number of halogens is 1. The molecule has 1 N–H and O–H groups in total. The fourth-order valence-corrected chi connectivity index (χ4v) is 3.04. The minimum atomic E-state index is -0.222. The first kappa shape index (κ1) is 13.2. The molecule has 0 saturated heterocycles. The number of nitrogens with one attached hydrogen (secondary N) is 1. The highest BCUT2D eigenvalue weighted by molar-refractivity contribution is 7.15. The second-order valence-corrected chi connectivity index (χ2v) is 5.79. The Kier molecular flexibility index (Phi) is 3.50. The molecule has 0 aliphatic rings. The lowest BCUT2D eigenvalue weighted by Gasteiger charge is -2.22. The molecular formula is C14H17FN2S. The number of aromatic nitrogens is 1. The number of hydrogen-bond acceptors (Lipinski definition) is 3. The first-order chi connectivity index (χ1) is 8.45. The maximum atomic E-state index is 13.7. The third kappa shape index (κ3) is 2.31. The van der Waals surface area contributed by atoms with E-state index in [1.807, 2.05) is 20.0 Å². The van der Waals surface area contributed by atoms with Gasteiger partial charge in [-0.1, -0.05) is 12.1 Å². The molecule has 0 amide bonds. The average Bonchev–Trinajstić information content (AvgIpc) is 2.72. The highest BCUT2D eigenvalue weighted by Gasteiger charge is 2.24. The number of thiazole rings is 1. The summed E-state index contributed by atoms with van der Waals surface area (Å²) in [5.41, 5.74) is 1.38. The van der Waals surface area contributed by atoms with E-state index >= 15 is 0 Å². The van der Waals surface area contributed by atoms with Crippen molar-refractivity contribution in [1.82, 2.24) is 10.3 Å². The minimum Gasteiger partial charge on any atom is -0.310 e. The van der Waals surface area contributed by atoms with Gasteiger partial charge < -0.3 is 5.32 Å². The predicted octanol–water partition coefficient (Wildman–Crippen LogP) is 3.71. The second-order valence-electron chi connectivity index (χ2n) is 4.79. The van der Waals surface area contributed by atoms with Crippen molar-refractivity contribution >= 4 is 11.3 Å². The van der Waals surface area contributed by atoms with E-state index in [0.717, 1.165) is 15.6 Å². The maximum Gasteiger partial charge on any atom is 0.133 e. The van der Waals surface area contributed by atoms with Gasteiger partial charge in [0.05, 0.1) is 5.69 Å². The van der Waals surface area contributed by atoms with E-state index in [9.17, 15) is 4.39 Å². The first-order valence-corrected chi connectivity index (χ1v) is 6.69. The van der Waals surface area contributed by atoms with Crippen molar-refractivity contribution in [2.75, 3.05) is 7.05 Å². The van der Waals surface area contributed by atoms with Gasteiger partial charge in [0.15, 0.2) is 0 Å². The van der Waals surface area contributed by atoms with Crippen LogP contribution in [0.25, 0.3) is 10.6 Å². The standard InChI is InChI=1S/C14H17FN2S/c1-9-12(14(2,3)16-4)18-13(17-9)10-7-5-6-8-11(10)15/h5-8,16H,1-4H3. The van der Waals surface area contributed by atoms with Gasteiger partial charge in [-0.2, -0.15) is 0 Å². The number of nitrogens with zero attached hydrogens (tertiary/aromatic N) is 1. The number of hydrogen-bond donors (Lipinski definition) is 1. The molecule has 2 aromatic rings. The number of rotatable bonds is 3. The van der Waals surface area contributed by atoms with E-state index < -0.39 is 0 Å². The van der Waals surface area contributed by atoms with Crippen LogP contribution < -0.4 is 5.32 Å². The van der Waals surface area contributed by atoms with Crippen molar-refractivity contribution in [3.8, 4) is 10.6 Å². The van der Waals surface area contributed by atoms with Crippen molar-refractivity contribution < 1.29 is 4.39 Å². The quantitative estimate of drug-likeness (QED) is 0.914. The summed E-state index contributed by atoms with van der Waals surface area (Å²) in [5, 5.41) is 3.99. The maximum absolute atomic E-state index is 13.7. The lowest BCUT2D eigenvalue weighted by atomic mass is 10.0. The highest BCUT2D eigenvalue weighted by atomic mass is 32.1. The molecule has 96 valence electrons. The normalized spacial score (nSPS) is 11.8. The van der Waals surface area contributed by atoms with Gasteiger partial charge in [0, 0.05) is 16.0 Å². The Morgan fingerprint density at radius 2 is 1.94 bits per heavy atom. The van der Waals surface area contributed by atoms with E-state index in [0.29, 0.717) is 5.56 Å². The van der Waals surface area contributed by atoms with Crippen molar-refractivity contribution in [2.24, 2.45) is 0 Å². The number of benzene rings is 1. The summed E-state index contributed by atoms with van der Waals surface area (Å²) < 4.78 is 13.7. The molecule has 0 atom stereocenters. The Morgan fingerprint density at radius 1 is 1.28 bits per heavy atom. The van der Waals surface area contributed by atoms with E-state index in [1.54, 1.807) is 23.5 Å². The summed E-state index contributed by atoms with van der Waals surface area (Å²) in [6.07, 6.45) is 0. The van der Waals surface area contributed by atoms with Gasteiger partial charge in [0.1, 0.15) is 10.8 Å². The lowest BCUT2D eigenvalue weighted by molar-refractivity contribution is 0.450. The van der Waals surface area contributed by atoms with Gasteiger partial charge >= 0.3 is 0 Å². The minimum absolute atomic E-state index is 0.148. The van der Waals surface area contributed by atoms with Gasteiger partial charge in [0.25, 0.3) is 0 Å². The molecule has 2 nitrogen and oxygen atoms in total. The smallest absolute Gasteiger partial charge is 0.133 e. The summed E-state index contributed by atoms with van der Waals surface area (Å²) >= 11 is 1.54. The molecule has 0 saturated carbocycles. The molecule has 2 rings (SSSR count). The van der Waals surface area contributed by atoms with Gasteiger partial charge in [-0.15, -0.1) is 11.3 Å². The SMILES string of the molecule is CNC(C)(C)c1sc(-c2ccccc2F)nc1C. The summed E-state index contributed by atoms with van der Waals surface area (Å²) in [6.45, 7) is 6.16. The average molecular weight is 264 g/mol. The predicted molar refractivity (Wildman–Crippen MR) is 74.3 cm³/mol. The van der Waals surface area contributed by atoms with E-state index in [2.05, 4.69) is 24.1 Å².